The van der Waals surface area contributed by atoms with Crippen molar-refractivity contribution < 1.29 is 19.4 Å². The van der Waals surface area contributed by atoms with Crippen LogP contribution in [0.5, 0.6) is 11.5 Å². The molecule has 0 radical (unpaired) electrons. The molecular formula is C13H13BrO4. The molecule has 18 heavy (non-hydrogen) atoms. The number of carbonyl (C=O) groups is 1. The van der Waals surface area contributed by atoms with E-state index in [9.17, 15) is 4.79 Å². The summed E-state index contributed by atoms with van der Waals surface area (Å²) in [5.41, 5.74) is 0.695. The topological polar surface area (TPSA) is 55.8 Å². The minimum absolute atomic E-state index is 0.368. The summed E-state index contributed by atoms with van der Waals surface area (Å²) in [4.78, 5) is 10.5. The maximum absolute atomic E-state index is 10.5. The number of halogens is 1. The molecule has 0 aliphatic rings. The Bertz CT molecular complexity index is 480. The zero-order valence-corrected chi connectivity index (χ0v) is 11.4. The van der Waals surface area contributed by atoms with Crippen molar-refractivity contribution >= 4 is 28.0 Å². The molecule has 1 rings (SSSR count). The van der Waals surface area contributed by atoms with Gasteiger partial charge in [0, 0.05) is 10.5 Å². The number of aliphatic carboxylic acids is 1. The van der Waals surface area contributed by atoms with Crippen molar-refractivity contribution in [2.45, 2.75) is 0 Å². The van der Waals surface area contributed by atoms with Gasteiger partial charge in [-0.05, 0) is 23.8 Å². The van der Waals surface area contributed by atoms with Crippen molar-refractivity contribution in [2.24, 2.45) is 0 Å². The van der Waals surface area contributed by atoms with E-state index in [1.807, 2.05) is 0 Å². The number of ether oxygens (including phenoxy) is 2. The molecule has 0 aromatic heterocycles. The number of methoxy groups -OCH3 is 1. The van der Waals surface area contributed by atoms with Gasteiger partial charge in [0.15, 0.2) is 11.5 Å². The Morgan fingerprint density at radius 3 is 2.78 bits per heavy atom. The first-order valence-electron chi connectivity index (χ1n) is 5.10. The molecule has 0 amide bonds. The smallest absolute Gasteiger partial charge is 0.328 e. The van der Waals surface area contributed by atoms with Gasteiger partial charge < -0.3 is 14.6 Å². The summed E-state index contributed by atoms with van der Waals surface area (Å²) < 4.78 is 11.3. The maximum Gasteiger partial charge on any atom is 0.328 e. The van der Waals surface area contributed by atoms with Crippen molar-refractivity contribution in [2.75, 3.05) is 13.7 Å². The van der Waals surface area contributed by atoms with E-state index in [2.05, 4.69) is 22.5 Å². The van der Waals surface area contributed by atoms with Crippen LogP contribution >= 0.6 is 15.9 Å². The van der Waals surface area contributed by atoms with Gasteiger partial charge in [-0.25, -0.2) is 4.79 Å². The molecule has 0 aliphatic heterocycles. The number of rotatable bonds is 6. The molecule has 0 bridgehead atoms. The maximum atomic E-state index is 10.5. The minimum Gasteiger partial charge on any atom is -0.493 e. The summed E-state index contributed by atoms with van der Waals surface area (Å²) in [6, 6.07) is 3.42. The fourth-order valence-electron chi connectivity index (χ4n) is 1.26. The van der Waals surface area contributed by atoms with Crippen LogP contribution in [-0.2, 0) is 4.79 Å². The fraction of sp³-hybridized carbons (Fsp3) is 0.154. The van der Waals surface area contributed by atoms with Crippen molar-refractivity contribution in [1.29, 1.82) is 0 Å². The van der Waals surface area contributed by atoms with Crippen LogP contribution in [0.2, 0.25) is 0 Å². The molecule has 1 aromatic rings. The predicted octanol–water partition coefficient (Wildman–Crippen LogP) is 3.12. The summed E-state index contributed by atoms with van der Waals surface area (Å²) in [6.45, 7) is 3.93. The fourth-order valence-corrected chi connectivity index (χ4v) is 1.72. The normalized spacial score (nSPS) is 10.3. The number of hydrogen-bond donors (Lipinski definition) is 1. The van der Waals surface area contributed by atoms with Crippen molar-refractivity contribution in [3.05, 3.63) is 40.9 Å². The molecule has 0 saturated heterocycles. The number of benzene rings is 1. The summed E-state index contributed by atoms with van der Waals surface area (Å²) in [7, 11) is 1.52. The summed E-state index contributed by atoms with van der Waals surface area (Å²) in [5.74, 6) is 0.0923. The Hall–Kier alpha value is -1.75. The summed E-state index contributed by atoms with van der Waals surface area (Å²) in [6.07, 6.45) is 4.17. The first-order valence-corrected chi connectivity index (χ1v) is 5.90. The summed E-state index contributed by atoms with van der Waals surface area (Å²) in [5, 5.41) is 8.59. The first kappa shape index (κ1) is 14.3. The predicted molar refractivity (Wildman–Crippen MR) is 73.1 cm³/mol. The first-order chi connectivity index (χ1) is 8.58. The van der Waals surface area contributed by atoms with Crippen LogP contribution < -0.4 is 9.47 Å². The second-order valence-electron chi connectivity index (χ2n) is 3.30. The van der Waals surface area contributed by atoms with Gasteiger partial charge in [-0.2, -0.15) is 0 Å². The average molecular weight is 313 g/mol. The van der Waals surface area contributed by atoms with Crippen LogP contribution in [0.15, 0.2) is 35.3 Å². The molecule has 0 saturated carbocycles. The Morgan fingerprint density at radius 2 is 2.22 bits per heavy atom. The van der Waals surface area contributed by atoms with E-state index in [4.69, 9.17) is 14.6 Å². The van der Waals surface area contributed by atoms with Crippen LogP contribution in [0.25, 0.3) is 6.08 Å². The van der Waals surface area contributed by atoms with Crippen molar-refractivity contribution in [3.8, 4) is 11.5 Å². The van der Waals surface area contributed by atoms with Gasteiger partial charge in [0.2, 0.25) is 0 Å². The number of carboxylic acid groups (broad SMARTS) is 1. The number of carboxylic acids is 1. The molecule has 4 nitrogen and oxygen atoms in total. The highest BCUT2D eigenvalue weighted by molar-refractivity contribution is 9.10. The molecule has 0 atom stereocenters. The molecule has 96 valence electrons. The largest absolute Gasteiger partial charge is 0.493 e. The van der Waals surface area contributed by atoms with Gasteiger partial charge in [0.05, 0.1) is 7.11 Å². The molecule has 0 unspecified atom stereocenters. The van der Waals surface area contributed by atoms with E-state index in [0.717, 1.165) is 10.5 Å². The van der Waals surface area contributed by atoms with Gasteiger partial charge >= 0.3 is 5.97 Å². The highest BCUT2D eigenvalue weighted by atomic mass is 79.9. The SMILES string of the molecule is C=CCOc1cc(Br)c(C=CC(=O)O)cc1OC. The molecule has 0 heterocycles. The Morgan fingerprint density at radius 1 is 1.50 bits per heavy atom. The highest BCUT2D eigenvalue weighted by Crippen LogP contribution is 2.34. The zero-order chi connectivity index (χ0) is 13.5. The molecule has 1 aromatic carbocycles. The highest BCUT2D eigenvalue weighted by Gasteiger charge is 2.08. The van der Waals surface area contributed by atoms with Crippen LogP contribution in [0, 0.1) is 0 Å². The van der Waals surface area contributed by atoms with Crippen molar-refractivity contribution in [1.82, 2.24) is 0 Å². The summed E-state index contributed by atoms with van der Waals surface area (Å²) >= 11 is 3.35. The molecule has 0 aliphatic carbocycles. The third kappa shape index (κ3) is 3.92. The van der Waals surface area contributed by atoms with Gasteiger partial charge in [-0.3, -0.25) is 0 Å². The van der Waals surface area contributed by atoms with E-state index >= 15 is 0 Å². The average Bonchev–Trinajstić information content (AvgIpc) is 2.34. The van der Waals surface area contributed by atoms with Crippen molar-refractivity contribution in [3.63, 3.8) is 0 Å². The van der Waals surface area contributed by atoms with Gasteiger partial charge in [0.1, 0.15) is 6.61 Å². The van der Waals surface area contributed by atoms with Crippen LogP contribution in [0.3, 0.4) is 0 Å². The lowest BCUT2D eigenvalue weighted by Gasteiger charge is -2.11. The quantitative estimate of drug-likeness (QED) is 0.647. The number of hydrogen-bond acceptors (Lipinski definition) is 3. The Labute approximate surface area is 114 Å². The second kappa shape index (κ2) is 6.86. The van der Waals surface area contributed by atoms with E-state index in [1.165, 1.54) is 13.2 Å². The molecular weight excluding hydrogens is 300 g/mol. The standard InChI is InChI=1S/C13H13BrO4/c1-3-6-18-12-8-10(14)9(4-5-13(15)16)7-11(12)17-2/h3-5,7-8H,1,6H2,2H3,(H,15,16). The molecule has 0 spiro atoms. The monoisotopic (exact) mass is 312 g/mol. The van der Waals surface area contributed by atoms with E-state index < -0.39 is 5.97 Å². The van der Waals surface area contributed by atoms with E-state index in [-0.39, 0.29) is 0 Å². The minimum atomic E-state index is -1.01. The lowest BCUT2D eigenvalue weighted by molar-refractivity contribution is -0.131. The van der Waals surface area contributed by atoms with Crippen LogP contribution in [0.1, 0.15) is 5.56 Å². The Balaban J connectivity index is 3.09. The zero-order valence-electron chi connectivity index (χ0n) is 9.85. The third-order valence-corrected chi connectivity index (χ3v) is 2.73. The van der Waals surface area contributed by atoms with Gasteiger partial charge in [0.25, 0.3) is 0 Å². The van der Waals surface area contributed by atoms with Crippen LogP contribution in [0.4, 0.5) is 0 Å². The molecule has 5 heteroatoms. The van der Waals surface area contributed by atoms with Gasteiger partial charge in [-0.1, -0.05) is 28.6 Å². The lowest BCUT2D eigenvalue weighted by Crippen LogP contribution is -1.97. The van der Waals surface area contributed by atoms with E-state index in [0.29, 0.717) is 23.7 Å². The Kier molecular flexibility index (Phi) is 5.45. The third-order valence-electron chi connectivity index (χ3n) is 2.05. The second-order valence-corrected chi connectivity index (χ2v) is 4.15. The lowest BCUT2D eigenvalue weighted by atomic mass is 10.2. The molecule has 1 N–H and O–H groups in total. The van der Waals surface area contributed by atoms with Crippen LogP contribution in [-0.4, -0.2) is 24.8 Å². The molecule has 0 fully saturated rings. The van der Waals surface area contributed by atoms with Gasteiger partial charge in [-0.15, -0.1) is 0 Å². The van der Waals surface area contributed by atoms with E-state index in [1.54, 1.807) is 18.2 Å².